The van der Waals surface area contributed by atoms with Gasteiger partial charge in [-0.2, -0.15) is 0 Å². The number of thiophene rings is 2. The summed E-state index contributed by atoms with van der Waals surface area (Å²) in [4.78, 5) is 3.13. The van der Waals surface area contributed by atoms with E-state index in [1.165, 1.54) is 17.4 Å². The van der Waals surface area contributed by atoms with Crippen LogP contribution in [0.4, 0.5) is 0 Å². The molecule has 3 heterocycles. The molecule has 1 aliphatic rings. The van der Waals surface area contributed by atoms with E-state index in [0.717, 1.165) is 25.9 Å². The van der Waals surface area contributed by atoms with Crippen molar-refractivity contribution in [2.75, 3.05) is 13.2 Å². The second-order valence-electron chi connectivity index (χ2n) is 5.92. The standard InChI is InChI=1S/C18H17NO4S3/c20-14(16-5-6-18(25-16)17-2-1-9-24-17)11-19-26(21,22)13-3-4-15-12(10-13)7-8-23-15/h1-6,9-10,14,19-20H,7-8,11H2/t14-/m0/s1. The van der Waals surface area contributed by atoms with Gasteiger partial charge >= 0.3 is 0 Å². The fourth-order valence-electron chi connectivity index (χ4n) is 2.79. The molecule has 1 aromatic carbocycles. The summed E-state index contributed by atoms with van der Waals surface area (Å²) in [5.74, 6) is 0.740. The van der Waals surface area contributed by atoms with E-state index in [1.807, 2.05) is 29.6 Å². The molecule has 0 saturated heterocycles. The third-order valence-electron chi connectivity index (χ3n) is 4.16. The van der Waals surface area contributed by atoms with Crippen molar-refractivity contribution in [1.82, 2.24) is 4.72 Å². The van der Waals surface area contributed by atoms with Gasteiger partial charge < -0.3 is 9.84 Å². The van der Waals surface area contributed by atoms with Crippen LogP contribution in [0.25, 0.3) is 9.75 Å². The summed E-state index contributed by atoms with van der Waals surface area (Å²) in [6, 6.07) is 12.6. The van der Waals surface area contributed by atoms with E-state index in [0.29, 0.717) is 13.0 Å². The van der Waals surface area contributed by atoms with E-state index >= 15 is 0 Å². The maximum absolute atomic E-state index is 12.5. The first-order valence-corrected chi connectivity index (χ1v) is 11.3. The highest BCUT2D eigenvalue weighted by Gasteiger charge is 2.21. The molecule has 2 N–H and O–H groups in total. The van der Waals surface area contributed by atoms with Gasteiger partial charge in [-0.05, 0) is 47.3 Å². The van der Waals surface area contributed by atoms with Crippen LogP contribution in [0.15, 0.2) is 52.7 Å². The van der Waals surface area contributed by atoms with Crippen LogP contribution < -0.4 is 9.46 Å². The molecule has 1 atom stereocenters. The SMILES string of the molecule is O=S(=O)(NC[C@H](O)c1ccc(-c2cccs2)s1)c1ccc2c(c1)CCO2. The maximum Gasteiger partial charge on any atom is 0.240 e. The first kappa shape index (κ1) is 17.7. The topological polar surface area (TPSA) is 75.6 Å². The first-order chi connectivity index (χ1) is 12.5. The van der Waals surface area contributed by atoms with E-state index in [9.17, 15) is 13.5 Å². The fourth-order valence-corrected chi connectivity index (χ4v) is 5.70. The number of aliphatic hydroxyl groups is 1. The third kappa shape index (κ3) is 3.56. The lowest BCUT2D eigenvalue weighted by atomic mass is 10.2. The Morgan fingerprint density at radius 2 is 2.08 bits per heavy atom. The number of ether oxygens (including phenoxy) is 1. The van der Waals surface area contributed by atoms with Gasteiger partial charge in [0.25, 0.3) is 0 Å². The molecule has 0 radical (unpaired) electrons. The molecule has 8 heteroatoms. The Bertz CT molecular complexity index is 1010. The molecule has 0 amide bonds. The summed E-state index contributed by atoms with van der Waals surface area (Å²) in [5.41, 5.74) is 0.896. The molecule has 0 spiro atoms. The lowest BCUT2D eigenvalue weighted by molar-refractivity contribution is 0.186. The minimum absolute atomic E-state index is 0.0691. The molecule has 4 rings (SSSR count). The lowest BCUT2D eigenvalue weighted by Crippen LogP contribution is -2.28. The molecule has 5 nitrogen and oxygen atoms in total. The summed E-state index contributed by atoms with van der Waals surface area (Å²) in [6.45, 7) is 0.510. The molecule has 1 aliphatic heterocycles. The summed E-state index contributed by atoms with van der Waals surface area (Å²) in [7, 11) is -3.68. The van der Waals surface area contributed by atoms with Crippen LogP contribution in [-0.2, 0) is 16.4 Å². The second kappa shape index (κ2) is 7.13. The van der Waals surface area contributed by atoms with E-state index < -0.39 is 16.1 Å². The molecule has 26 heavy (non-hydrogen) atoms. The van der Waals surface area contributed by atoms with Crippen LogP contribution in [0.3, 0.4) is 0 Å². The lowest BCUT2D eigenvalue weighted by Gasteiger charge is -2.11. The monoisotopic (exact) mass is 407 g/mol. The van der Waals surface area contributed by atoms with Crippen molar-refractivity contribution in [2.45, 2.75) is 17.4 Å². The molecule has 2 aromatic heterocycles. The summed E-state index contributed by atoms with van der Waals surface area (Å²) in [6.07, 6.45) is -0.177. The minimum atomic E-state index is -3.68. The molecule has 0 bridgehead atoms. The Labute approximate surface area is 159 Å². The fraction of sp³-hybridized carbons (Fsp3) is 0.222. The second-order valence-corrected chi connectivity index (χ2v) is 9.75. The molecular weight excluding hydrogens is 390 g/mol. The molecule has 0 unspecified atom stereocenters. The van der Waals surface area contributed by atoms with Crippen LogP contribution >= 0.6 is 22.7 Å². The van der Waals surface area contributed by atoms with Gasteiger partial charge in [-0.25, -0.2) is 13.1 Å². The van der Waals surface area contributed by atoms with Crippen molar-refractivity contribution in [2.24, 2.45) is 0 Å². The molecule has 0 saturated carbocycles. The van der Waals surface area contributed by atoms with Crippen molar-refractivity contribution in [1.29, 1.82) is 0 Å². The summed E-state index contributed by atoms with van der Waals surface area (Å²) < 4.78 is 32.9. The van der Waals surface area contributed by atoms with Gasteiger partial charge in [-0.1, -0.05) is 6.07 Å². The van der Waals surface area contributed by atoms with Crippen LogP contribution in [0.5, 0.6) is 5.75 Å². The number of nitrogens with one attached hydrogen (secondary N) is 1. The predicted octanol–water partition coefficient (Wildman–Crippen LogP) is 3.42. The predicted molar refractivity (Wildman–Crippen MR) is 103 cm³/mol. The highest BCUT2D eigenvalue weighted by molar-refractivity contribution is 7.89. The van der Waals surface area contributed by atoms with Gasteiger partial charge in [0, 0.05) is 27.6 Å². The van der Waals surface area contributed by atoms with Gasteiger partial charge in [0.2, 0.25) is 10.0 Å². The van der Waals surface area contributed by atoms with Crippen molar-refractivity contribution < 1.29 is 18.3 Å². The van der Waals surface area contributed by atoms with Crippen molar-refractivity contribution >= 4 is 32.7 Å². The zero-order valence-electron chi connectivity index (χ0n) is 13.7. The highest BCUT2D eigenvalue weighted by Crippen LogP contribution is 2.34. The Balaban J connectivity index is 1.44. The number of benzene rings is 1. The number of aliphatic hydroxyl groups excluding tert-OH is 1. The van der Waals surface area contributed by atoms with E-state index in [1.54, 1.807) is 23.5 Å². The van der Waals surface area contributed by atoms with Crippen LogP contribution in [0.2, 0.25) is 0 Å². The van der Waals surface area contributed by atoms with Crippen LogP contribution in [0.1, 0.15) is 16.5 Å². The van der Waals surface area contributed by atoms with Gasteiger partial charge in [0.05, 0.1) is 11.5 Å². The van der Waals surface area contributed by atoms with Crippen molar-refractivity contribution in [3.63, 3.8) is 0 Å². The molecule has 136 valence electrons. The van der Waals surface area contributed by atoms with E-state index in [-0.39, 0.29) is 11.4 Å². The van der Waals surface area contributed by atoms with Crippen LogP contribution in [-0.4, -0.2) is 26.7 Å². The van der Waals surface area contributed by atoms with Gasteiger partial charge in [-0.3, -0.25) is 0 Å². The minimum Gasteiger partial charge on any atom is -0.493 e. The molecule has 0 fully saturated rings. The van der Waals surface area contributed by atoms with E-state index in [2.05, 4.69) is 4.72 Å². The zero-order valence-corrected chi connectivity index (χ0v) is 16.2. The normalized spacial score (nSPS) is 14.8. The molecule has 3 aromatic rings. The number of hydrogen-bond acceptors (Lipinski definition) is 6. The smallest absolute Gasteiger partial charge is 0.240 e. The zero-order chi connectivity index (χ0) is 18.1. The average molecular weight is 408 g/mol. The number of hydrogen-bond donors (Lipinski definition) is 2. The van der Waals surface area contributed by atoms with Crippen molar-refractivity contribution in [3.8, 4) is 15.5 Å². The third-order valence-corrected chi connectivity index (χ3v) is 7.83. The summed E-state index contributed by atoms with van der Waals surface area (Å²) >= 11 is 3.10. The maximum atomic E-state index is 12.5. The van der Waals surface area contributed by atoms with Crippen LogP contribution in [0, 0.1) is 0 Å². The Morgan fingerprint density at radius 1 is 1.19 bits per heavy atom. The van der Waals surface area contributed by atoms with E-state index in [4.69, 9.17) is 4.74 Å². The number of fused-ring (bicyclic) bond motifs is 1. The largest absolute Gasteiger partial charge is 0.493 e. The Morgan fingerprint density at radius 3 is 2.88 bits per heavy atom. The number of sulfonamides is 1. The number of rotatable bonds is 6. The van der Waals surface area contributed by atoms with Gasteiger partial charge in [0.15, 0.2) is 0 Å². The van der Waals surface area contributed by atoms with Crippen molar-refractivity contribution in [3.05, 3.63) is 58.3 Å². The highest BCUT2D eigenvalue weighted by atomic mass is 32.2. The Hall–Kier alpha value is -1.71. The average Bonchev–Trinajstić information content (AvgIpc) is 3.39. The first-order valence-electron chi connectivity index (χ1n) is 8.10. The van der Waals surface area contributed by atoms with Gasteiger partial charge in [-0.15, -0.1) is 22.7 Å². The molecular formula is C18H17NO4S3. The quantitative estimate of drug-likeness (QED) is 0.656. The Kier molecular flexibility index (Phi) is 4.85. The van der Waals surface area contributed by atoms with Gasteiger partial charge in [0.1, 0.15) is 11.9 Å². The summed E-state index contributed by atoms with van der Waals surface area (Å²) in [5, 5.41) is 12.4. The molecule has 0 aliphatic carbocycles.